The summed E-state index contributed by atoms with van der Waals surface area (Å²) in [6.45, 7) is 9.45. The van der Waals surface area contributed by atoms with Gasteiger partial charge in [0.2, 0.25) is 0 Å². The van der Waals surface area contributed by atoms with Crippen molar-refractivity contribution >= 4 is 23.1 Å². The van der Waals surface area contributed by atoms with E-state index in [0.29, 0.717) is 48.6 Å². The van der Waals surface area contributed by atoms with Crippen LogP contribution in [0.15, 0.2) is 48.0 Å². The smallest absolute Gasteiger partial charge is 0.295 e. The van der Waals surface area contributed by atoms with Gasteiger partial charge >= 0.3 is 0 Å². The lowest BCUT2D eigenvalue weighted by molar-refractivity contribution is -0.384. The molecule has 10 heteroatoms. The van der Waals surface area contributed by atoms with Crippen LogP contribution in [0.3, 0.4) is 0 Å². The summed E-state index contributed by atoms with van der Waals surface area (Å²) in [4.78, 5) is 41.2. The molecule has 2 aliphatic rings. The number of hydrogen-bond donors (Lipinski definition) is 1. The third kappa shape index (κ3) is 5.87. The molecule has 1 N–H and O–H groups in total. The molecule has 0 radical (unpaired) electrons. The molecule has 0 bridgehead atoms. The Kier molecular flexibility index (Phi) is 8.43. The first-order valence-electron chi connectivity index (χ1n) is 12.8. The predicted octanol–water partition coefficient (Wildman–Crippen LogP) is 3.83. The van der Waals surface area contributed by atoms with E-state index in [0.717, 1.165) is 13.1 Å². The summed E-state index contributed by atoms with van der Waals surface area (Å²) in [6, 6.07) is 10.0. The van der Waals surface area contributed by atoms with Crippen molar-refractivity contribution in [2.45, 2.75) is 39.3 Å². The predicted molar refractivity (Wildman–Crippen MR) is 141 cm³/mol. The molecule has 0 aliphatic carbocycles. The Hall–Kier alpha value is -3.76. The number of morpholine rings is 1. The zero-order chi connectivity index (χ0) is 27.4. The van der Waals surface area contributed by atoms with Crippen LogP contribution >= 0.6 is 0 Å². The van der Waals surface area contributed by atoms with Crippen LogP contribution in [-0.4, -0.2) is 77.0 Å². The largest absolute Gasteiger partial charge is 0.507 e. The zero-order valence-electron chi connectivity index (χ0n) is 21.9. The van der Waals surface area contributed by atoms with E-state index < -0.39 is 22.7 Å². The van der Waals surface area contributed by atoms with Crippen LogP contribution in [0.1, 0.15) is 43.0 Å². The van der Waals surface area contributed by atoms with Crippen LogP contribution in [0.25, 0.3) is 5.76 Å². The molecule has 2 aromatic rings. The molecule has 0 saturated carbocycles. The van der Waals surface area contributed by atoms with Gasteiger partial charge in [0.1, 0.15) is 11.5 Å². The van der Waals surface area contributed by atoms with E-state index in [4.69, 9.17) is 9.47 Å². The van der Waals surface area contributed by atoms with Crippen LogP contribution in [0.2, 0.25) is 0 Å². The monoisotopic (exact) mass is 523 g/mol. The molecule has 10 nitrogen and oxygen atoms in total. The van der Waals surface area contributed by atoms with Crippen molar-refractivity contribution in [3.8, 4) is 5.75 Å². The summed E-state index contributed by atoms with van der Waals surface area (Å²) in [5.41, 5.74) is 1.21. The topological polar surface area (TPSA) is 122 Å². The molecule has 2 fully saturated rings. The molecule has 2 aromatic carbocycles. The van der Waals surface area contributed by atoms with E-state index in [2.05, 4.69) is 4.90 Å². The summed E-state index contributed by atoms with van der Waals surface area (Å²) < 4.78 is 11.1. The van der Waals surface area contributed by atoms with E-state index in [1.807, 2.05) is 13.8 Å². The highest BCUT2D eigenvalue weighted by molar-refractivity contribution is 6.46. The number of ether oxygens (including phenoxy) is 2. The summed E-state index contributed by atoms with van der Waals surface area (Å²) in [6.07, 6.45) is 0.559. The lowest BCUT2D eigenvalue weighted by Gasteiger charge is -2.29. The van der Waals surface area contributed by atoms with E-state index in [-0.39, 0.29) is 29.7 Å². The number of hydrogen-bond acceptors (Lipinski definition) is 8. The van der Waals surface area contributed by atoms with Gasteiger partial charge in [0, 0.05) is 43.9 Å². The summed E-state index contributed by atoms with van der Waals surface area (Å²) in [5, 5.41) is 22.9. The second-order valence-corrected chi connectivity index (χ2v) is 9.80. The van der Waals surface area contributed by atoms with E-state index >= 15 is 0 Å². The number of rotatable bonds is 9. The van der Waals surface area contributed by atoms with Crippen molar-refractivity contribution in [1.29, 1.82) is 0 Å². The molecule has 0 unspecified atom stereocenters. The first kappa shape index (κ1) is 27.3. The van der Waals surface area contributed by atoms with Crippen molar-refractivity contribution in [2.24, 2.45) is 0 Å². The molecular weight excluding hydrogens is 490 g/mol. The van der Waals surface area contributed by atoms with Crippen molar-refractivity contribution in [1.82, 2.24) is 9.80 Å². The van der Waals surface area contributed by atoms with Gasteiger partial charge in [0.15, 0.2) is 0 Å². The van der Waals surface area contributed by atoms with E-state index in [1.54, 1.807) is 31.2 Å². The normalized spacial score (nSPS) is 19.8. The Morgan fingerprint density at radius 2 is 1.89 bits per heavy atom. The fraction of sp³-hybridized carbons (Fsp3) is 0.429. The van der Waals surface area contributed by atoms with Crippen molar-refractivity contribution in [3.05, 3.63) is 74.8 Å². The number of nitro benzene ring substituents is 1. The van der Waals surface area contributed by atoms with Crippen LogP contribution in [0.5, 0.6) is 5.75 Å². The van der Waals surface area contributed by atoms with Crippen molar-refractivity contribution in [2.75, 3.05) is 39.4 Å². The van der Waals surface area contributed by atoms with Gasteiger partial charge in [0.05, 0.1) is 35.9 Å². The highest BCUT2D eigenvalue weighted by atomic mass is 16.6. The van der Waals surface area contributed by atoms with Gasteiger partial charge in [-0.25, -0.2) is 0 Å². The number of amides is 1. The number of aryl methyl sites for hydroxylation is 1. The van der Waals surface area contributed by atoms with Crippen LogP contribution in [0, 0.1) is 17.0 Å². The molecule has 0 spiro atoms. The van der Waals surface area contributed by atoms with Crippen LogP contribution in [0.4, 0.5) is 5.69 Å². The molecular formula is C28H33N3O7. The molecule has 2 saturated heterocycles. The number of carbonyl (C=O) groups is 2. The minimum Gasteiger partial charge on any atom is -0.507 e. The number of non-ortho nitro benzene ring substituents is 1. The lowest BCUT2D eigenvalue weighted by atomic mass is 9.93. The molecule has 38 heavy (non-hydrogen) atoms. The third-order valence-electron chi connectivity index (χ3n) is 6.74. The number of carbonyl (C=O) groups excluding carboxylic acids is 2. The number of nitro groups is 1. The van der Waals surface area contributed by atoms with Gasteiger partial charge in [-0.1, -0.05) is 12.1 Å². The highest BCUT2D eigenvalue weighted by Crippen LogP contribution is 2.41. The molecule has 0 aromatic heterocycles. The standard InChI is InChI=1S/C28H33N3O7/c1-18(2)38-22-8-9-23(19(3)16-22)26(32)24-25(20-6-4-7-21(17-20)31(35)36)30(28(34)27(24)33)11-5-10-29-12-14-37-15-13-29/h4,6-9,16-18,25,32H,5,10-15H2,1-3H3/b26-24+/t25-/m0/s1. The Morgan fingerprint density at radius 1 is 1.16 bits per heavy atom. The second-order valence-electron chi connectivity index (χ2n) is 9.80. The molecule has 1 amide bonds. The second kappa shape index (κ2) is 11.7. The third-order valence-corrected chi connectivity index (χ3v) is 6.74. The number of Topliss-reactive ketones (excluding diaryl/α,β-unsaturated/α-hetero) is 1. The van der Waals surface area contributed by atoms with Gasteiger partial charge < -0.3 is 19.5 Å². The molecule has 2 aliphatic heterocycles. The minimum atomic E-state index is -0.953. The molecule has 1 atom stereocenters. The molecule has 202 valence electrons. The number of aliphatic hydroxyl groups excluding tert-OH is 1. The maximum Gasteiger partial charge on any atom is 0.295 e. The number of aliphatic hydroxyl groups is 1. The first-order valence-corrected chi connectivity index (χ1v) is 12.8. The highest BCUT2D eigenvalue weighted by Gasteiger charge is 2.46. The summed E-state index contributed by atoms with van der Waals surface area (Å²) in [5.74, 6) is -1.24. The van der Waals surface area contributed by atoms with Gasteiger partial charge in [-0.3, -0.25) is 24.6 Å². The van der Waals surface area contributed by atoms with Crippen LogP contribution in [-0.2, 0) is 14.3 Å². The Morgan fingerprint density at radius 3 is 2.55 bits per heavy atom. The number of benzene rings is 2. The summed E-state index contributed by atoms with van der Waals surface area (Å²) in [7, 11) is 0. The average Bonchev–Trinajstić information content (AvgIpc) is 3.14. The van der Waals surface area contributed by atoms with E-state index in [1.165, 1.54) is 23.1 Å². The van der Waals surface area contributed by atoms with Gasteiger partial charge in [0.25, 0.3) is 17.4 Å². The van der Waals surface area contributed by atoms with Gasteiger partial charge in [-0.2, -0.15) is 0 Å². The number of nitrogens with zero attached hydrogens (tertiary/aromatic N) is 3. The zero-order valence-corrected chi connectivity index (χ0v) is 21.9. The number of ketones is 1. The SMILES string of the molecule is Cc1cc(OC(C)C)ccc1/C(O)=C1\C(=O)C(=O)N(CCCN2CCOCC2)[C@H]1c1cccc([N+](=O)[O-])c1. The first-order chi connectivity index (χ1) is 18.2. The van der Waals surface area contributed by atoms with E-state index in [9.17, 15) is 24.8 Å². The Labute approximate surface area is 221 Å². The number of likely N-dealkylation sites (tertiary alicyclic amines) is 1. The minimum absolute atomic E-state index is 0.0366. The molecule has 2 heterocycles. The maximum atomic E-state index is 13.3. The molecule has 4 rings (SSSR count). The fourth-order valence-corrected chi connectivity index (χ4v) is 4.95. The van der Waals surface area contributed by atoms with Gasteiger partial charge in [-0.15, -0.1) is 0 Å². The maximum absolute atomic E-state index is 13.3. The Balaban J connectivity index is 1.72. The quantitative estimate of drug-likeness (QED) is 0.173. The van der Waals surface area contributed by atoms with Crippen molar-refractivity contribution < 1.29 is 29.1 Å². The lowest BCUT2D eigenvalue weighted by Crippen LogP contribution is -2.39. The summed E-state index contributed by atoms with van der Waals surface area (Å²) >= 11 is 0. The van der Waals surface area contributed by atoms with Crippen molar-refractivity contribution in [3.63, 3.8) is 0 Å². The average molecular weight is 524 g/mol. The fourth-order valence-electron chi connectivity index (χ4n) is 4.95. The van der Waals surface area contributed by atoms with Gasteiger partial charge in [-0.05, 0) is 56.5 Å². The van der Waals surface area contributed by atoms with Crippen LogP contribution < -0.4 is 4.74 Å². The Bertz CT molecular complexity index is 1250.